The number of carbonyl (C=O) groups is 1. The second kappa shape index (κ2) is 25.1. The molecule has 26 heteroatoms. The van der Waals surface area contributed by atoms with Crippen molar-refractivity contribution in [1.82, 2.24) is 4.90 Å². The second-order valence-electron chi connectivity index (χ2n) is 20.5. The largest absolute Gasteiger partial charge is 0.481 e. The molecule has 0 fully saturated rings. The van der Waals surface area contributed by atoms with Crippen molar-refractivity contribution in [3.63, 3.8) is 0 Å². The summed E-state index contributed by atoms with van der Waals surface area (Å²) >= 11 is 0. The normalized spacial score (nSPS) is 16.4. The smallest absolute Gasteiger partial charge is 0.327 e. The van der Waals surface area contributed by atoms with E-state index in [0.717, 1.165) is 28.0 Å². The number of anilines is 2. The number of carboxylic acid groups (broad SMARTS) is 1. The number of aromatic nitrogens is 1. The quantitative estimate of drug-likeness (QED) is 0.0356. The molecule has 0 atom stereocenters. The number of fused-ring (bicyclic) bond motifs is 2. The minimum Gasteiger partial charge on any atom is -0.481 e. The van der Waals surface area contributed by atoms with E-state index >= 15 is 0 Å². The fourth-order valence-electron chi connectivity index (χ4n) is 9.05. The van der Waals surface area contributed by atoms with E-state index < -0.39 is 84.5 Å². The first-order chi connectivity index (χ1) is 37.1. The van der Waals surface area contributed by atoms with E-state index in [-0.39, 0.29) is 57.5 Å². The van der Waals surface area contributed by atoms with E-state index in [0.29, 0.717) is 70.3 Å². The van der Waals surface area contributed by atoms with Crippen molar-refractivity contribution in [3.8, 4) is 23.7 Å². The van der Waals surface area contributed by atoms with Crippen LogP contribution < -0.4 is 13.2 Å². The van der Waals surface area contributed by atoms with Gasteiger partial charge in [0, 0.05) is 66.4 Å². The van der Waals surface area contributed by atoms with Gasteiger partial charge >= 0.3 is 11.8 Å². The lowest BCUT2D eigenvalue weighted by Gasteiger charge is -2.29. The van der Waals surface area contributed by atoms with Crippen molar-refractivity contribution in [2.24, 2.45) is 15.4 Å². The van der Waals surface area contributed by atoms with Gasteiger partial charge in [0.1, 0.15) is 12.0 Å². The number of benzene rings is 2. The predicted molar refractivity (Wildman–Crippen MR) is 307 cm³/mol. The highest BCUT2D eigenvalue weighted by Crippen LogP contribution is 2.45. The number of pyridine rings is 1. The average Bonchev–Trinajstić information content (AvgIpc) is 4.03. The van der Waals surface area contributed by atoms with Gasteiger partial charge < -0.3 is 10.0 Å². The van der Waals surface area contributed by atoms with E-state index in [4.69, 9.17) is 19.6 Å². The van der Waals surface area contributed by atoms with E-state index in [9.17, 15) is 56.0 Å². The number of carboxylic acids is 1. The summed E-state index contributed by atoms with van der Waals surface area (Å²) in [5, 5.41) is 8.93. The Labute approximate surface area is 469 Å². The molecule has 0 unspecified atom stereocenters. The first kappa shape index (κ1) is 62.7. The Morgan fingerprint density at radius 2 is 1.19 bits per heavy atom. The van der Waals surface area contributed by atoms with Gasteiger partial charge in [0.25, 0.3) is 30.4 Å². The maximum absolute atomic E-state index is 12.7. The van der Waals surface area contributed by atoms with Crippen LogP contribution in [0.2, 0.25) is 0 Å². The highest BCUT2D eigenvalue weighted by atomic mass is 32.2. The summed E-state index contributed by atoms with van der Waals surface area (Å²) in [6.45, 7) is 8.25. The number of rotatable bonds is 24. The number of sulfonamides is 2. The average molecular weight is 1200 g/mol. The third kappa shape index (κ3) is 17.5. The summed E-state index contributed by atoms with van der Waals surface area (Å²) in [7, 11) is -20.3. The van der Waals surface area contributed by atoms with E-state index in [1.54, 1.807) is 58.3 Å². The monoisotopic (exact) mass is 1200 g/mol. The summed E-state index contributed by atoms with van der Waals surface area (Å²) < 4.78 is 152. The minimum atomic E-state index is -4.29. The van der Waals surface area contributed by atoms with Crippen molar-refractivity contribution in [2.45, 2.75) is 84.6 Å². The van der Waals surface area contributed by atoms with Crippen LogP contribution in [0.25, 0.3) is 0 Å². The molecule has 0 aliphatic carbocycles. The second-order valence-corrected chi connectivity index (χ2v) is 29.0. The van der Waals surface area contributed by atoms with Gasteiger partial charge in [-0.1, -0.05) is 50.0 Å². The lowest BCUT2D eigenvalue weighted by atomic mass is 9.80. The van der Waals surface area contributed by atoms with E-state index in [2.05, 4.69) is 23.7 Å². The van der Waals surface area contributed by atoms with Crippen molar-refractivity contribution < 1.29 is 70.2 Å². The van der Waals surface area contributed by atoms with Gasteiger partial charge in [-0.05, 0) is 117 Å². The van der Waals surface area contributed by atoms with Crippen LogP contribution in [-0.2, 0) is 67.2 Å². The number of allylic oxidation sites excluding steroid dienone is 6. The zero-order valence-electron chi connectivity index (χ0n) is 45.1. The fourth-order valence-corrected chi connectivity index (χ4v) is 12.5. The number of amidine groups is 1. The van der Waals surface area contributed by atoms with Gasteiger partial charge in [-0.15, -0.1) is 0 Å². The molecular formula is C54H65N6O15S5+. The Morgan fingerprint density at radius 1 is 0.662 bits per heavy atom. The molecule has 4 heterocycles. The number of hydrogen-bond acceptors (Lipinski definition) is 14. The number of hydrogen-bond donors (Lipinski definition) is 4. The molecule has 0 amide bonds. The Kier molecular flexibility index (Phi) is 19.7. The zero-order chi connectivity index (χ0) is 59.1. The molecule has 80 heavy (non-hydrogen) atoms. The number of nitrogens with zero attached hydrogens (tertiary/aromatic N) is 6. The van der Waals surface area contributed by atoms with Crippen LogP contribution in [0.1, 0.15) is 94.9 Å². The third-order valence-corrected chi connectivity index (χ3v) is 18.0. The molecule has 0 spiro atoms. The van der Waals surface area contributed by atoms with Crippen LogP contribution in [0, 0.1) is 29.1 Å². The number of unbranched alkanes of at least 4 members (excludes halogenated alkanes) is 2. The number of aryl methyl sites for hydroxylation is 1. The summed E-state index contributed by atoms with van der Waals surface area (Å²) in [5.41, 5.74) is 4.40. The highest BCUT2D eigenvalue weighted by Gasteiger charge is 2.43. The molecule has 3 aliphatic rings. The van der Waals surface area contributed by atoms with E-state index in [1.807, 2.05) is 58.1 Å². The maximum Gasteiger partial charge on any atom is 0.327 e. The zero-order valence-corrected chi connectivity index (χ0v) is 49.1. The molecule has 430 valence electrons. The fraction of sp³-hybridized carbons (Fsp3) is 0.407. The molecule has 4 N–H and O–H groups in total. The molecule has 3 aromatic rings. The number of aliphatic carboxylic acids is 1. The predicted octanol–water partition coefficient (Wildman–Crippen LogP) is 5.80. The van der Waals surface area contributed by atoms with Crippen LogP contribution in [0.3, 0.4) is 0 Å². The molecule has 6 rings (SSSR count). The maximum atomic E-state index is 12.7. The van der Waals surface area contributed by atoms with Gasteiger partial charge in [0.2, 0.25) is 20.0 Å². The summed E-state index contributed by atoms with van der Waals surface area (Å²) in [5.74, 6) is 11.2. The van der Waals surface area contributed by atoms with Crippen LogP contribution in [0.5, 0.6) is 0 Å². The lowest BCUT2D eigenvalue weighted by molar-refractivity contribution is -0.684. The van der Waals surface area contributed by atoms with Crippen molar-refractivity contribution >= 4 is 85.1 Å². The van der Waals surface area contributed by atoms with Gasteiger partial charge in [0.05, 0.1) is 69.9 Å². The van der Waals surface area contributed by atoms with Gasteiger partial charge in [-0.2, -0.15) is 25.3 Å². The molecular weight excluding hydrogens is 1130 g/mol. The molecule has 2 aromatic carbocycles. The summed E-state index contributed by atoms with van der Waals surface area (Å²) in [4.78, 5) is 22.7. The van der Waals surface area contributed by atoms with Gasteiger partial charge in [-0.25, -0.2) is 26.4 Å². The topological polar surface area (TPSA) is 307 Å². The first-order valence-corrected chi connectivity index (χ1v) is 33.8. The third-order valence-electron chi connectivity index (χ3n) is 13.2. The Balaban J connectivity index is 1.26. The summed E-state index contributed by atoms with van der Waals surface area (Å²) in [6.07, 6.45) is 14.4. The minimum absolute atomic E-state index is 0.00576. The molecule has 0 saturated heterocycles. The van der Waals surface area contributed by atoms with E-state index in [1.165, 1.54) is 16.4 Å². The van der Waals surface area contributed by atoms with Crippen LogP contribution in [0.15, 0.2) is 118 Å². The van der Waals surface area contributed by atoms with Crippen LogP contribution >= 0.6 is 0 Å². The molecule has 0 radical (unpaired) electrons. The van der Waals surface area contributed by atoms with Gasteiger partial charge in [0.15, 0.2) is 5.71 Å². The Morgan fingerprint density at radius 3 is 1.74 bits per heavy atom. The molecule has 3 aliphatic heterocycles. The molecule has 21 nitrogen and oxygen atoms in total. The number of aliphatic imine (C=N–C) groups is 2. The molecule has 0 saturated carbocycles. The highest BCUT2D eigenvalue weighted by molar-refractivity contribution is 7.92. The standard InChI is InChI=1S/C54H64N6O15S5/c1-53(2)46-36-42(19-17-40-21-25-44(26-22-40)59(76(5,63)64)31-9-7-8-16-50(61)62)38-57(29-11-33-78(67,68)69)51(46)55-48(53)14-10-15-49-54(3,4)47-37-43(39-58(52(47)56-49)30-12-34-79(70,71)72)20-18-41-23-27-45(28-24-41)60(77(6,65)66)32-13-35-80(73,74)75/h10,14-15,21-28,36-39H,7-9,11-13,16,29-35H2,1-6H3,(H3-,61,62,67,68,69,70,71,72,73,74,75)/p+1. The first-order valence-electron chi connectivity index (χ1n) is 25.2. The van der Waals surface area contributed by atoms with Crippen molar-refractivity contribution in [1.29, 1.82) is 0 Å². The van der Waals surface area contributed by atoms with Gasteiger partial charge in [-0.3, -0.25) is 27.1 Å². The Hall–Kier alpha value is -6.49. The SMILES string of the molecule is CC1(C)C2=CC(C#Cc3ccc(N(CCCS(=O)(=O)O)S(C)(=O)=O)cc3)=CN(CCCS(=O)(=O)O)C2=N/C1=C\C=C\C1=Nc2c(cc(C#Cc3ccc(N(CCCCCC(=O)O)S(C)(=O)=O)cc3)c[n+]2CCCS(=O)(=O)O)C1(C)C. The summed E-state index contributed by atoms with van der Waals surface area (Å²) in [6, 6.07) is 14.9. The lowest BCUT2D eigenvalue weighted by Crippen LogP contribution is -2.36. The van der Waals surface area contributed by atoms with Crippen molar-refractivity contribution in [3.05, 3.63) is 130 Å². The Bertz CT molecular complexity index is 3810. The molecule has 0 bridgehead atoms. The van der Waals surface area contributed by atoms with Crippen molar-refractivity contribution in [2.75, 3.05) is 58.0 Å². The van der Waals surface area contributed by atoms with Crippen LogP contribution in [-0.4, -0.2) is 133 Å². The van der Waals surface area contributed by atoms with Crippen LogP contribution in [0.4, 0.5) is 17.2 Å². The molecule has 1 aromatic heterocycles.